The largest absolute Gasteiger partial charge is 0.450 e. The molecule has 1 aromatic carbocycles. The Kier molecular flexibility index (Phi) is 5.08. The van der Waals surface area contributed by atoms with Crippen LogP contribution in [0.3, 0.4) is 0 Å². The van der Waals surface area contributed by atoms with Gasteiger partial charge in [-0.1, -0.05) is 12.1 Å². The fourth-order valence-corrected chi connectivity index (χ4v) is 1.82. The minimum absolute atomic E-state index is 0.283. The summed E-state index contributed by atoms with van der Waals surface area (Å²) in [5.41, 5.74) is 1.72. The Hall–Kier alpha value is -2.89. The van der Waals surface area contributed by atoms with Gasteiger partial charge in [-0.2, -0.15) is 0 Å². The summed E-state index contributed by atoms with van der Waals surface area (Å²) in [5, 5.41) is 5.27. The van der Waals surface area contributed by atoms with Crippen LogP contribution in [-0.2, 0) is 4.74 Å². The molecule has 0 unspecified atom stereocenters. The first-order valence-corrected chi connectivity index (χ1v) is 6.87. The normalized spacial score (nSPS) is 9.91. The molecule has 0 saturated heterocycles. The molecule has 0 aliphatic carbocycles. The molecule has 114 valence electrons. The van der Waals surface area contributed by atoms with E-state index in [9.17, 15) is 9.59 Å². The summed E-state index contributed by atoms with van der Waals surface area (Å²) in [6.07, 6.45) is -0.555. The number of rotatable bonds is 4. The van der Waals surface area contributed by atoms with Crippen molar-refractivity contribution >= 4 is 23.5 Å². The summed E-state index contributed by atoms with van der Waals surface area (Å²) in [4.78, 5) is 27.8. The third kappa shape index (κ3) is 4.31. The molecule has 0 bridgehead atoms. The molecule has 22 heavy (non-hydrogen) atoms. The van der Waals surface area contributed by atoms with Crippen LogP contribution in [0.5, 0.6) is 0 Å². The molecule has 6 heteroatoms. The number of aryl methyl sites for hydroxylation is 1. The van der Waals surface area contributed by atoms with Crippen LogP contribution >= 0.6 is 0 Å². The molecule has 0 fully saturated rings. The number of ether oxygens (including phenoxy) is 1. The lowest BCUT2D eigenvalue weighted by atomic mass is 10.2. The first kappa shape index (κ1) is 15.5. The number of amides is 2. The van der Waals surface area contributed by atoms with Crippen molar-refractivity contribution in [2.75, 3.05) is 17.2 Å². The van der Waals surface area contributed by atoms with Crippen molar-refractivity contribution in [3.63, 3.8) is 0 Å². The van der Waals surface area contributed by atoms with Crippen LogP contribution in [0.4, 0.5) is 16.3 Å². The van der Waals surface area contributed by atoms with Crippen LogP contribution in [0.25, 0.3) is 0 Å². The highest BCUT2D eigenvalue weighted by Gasteiger charge is 2.09. The third-order valence-electron chi connectivity index (χ3n) is 2.78. The van der Waals surface area contributed by atoms with E-state index in [0.29, 0.717) is 17.1 Å². The maximum Gasteiger partial charge on any atom is 0.411 e. The molecule has 0 radical (unpaired) electrons. The van der Waals surface area contributed by atoms with Gasteiger partial charge in [0.15, 0.2) is 0 Å². The summed E-state index contributed by atoms with van der Waals surface area (Å²) in [6, 6.07) is 12.0. The number of hydrogen-bond acceptors (Lipinski definition) is 4. The SMILES string of the molecule is CCOC(=O)Nc1cccc(C(=O)Nc2cccc(C)n2)c1. The molecular weight excluding hydrogens is 282 g/mol. The number of aromatic nitrogens is 1. The topological polar surface area (TPSA) is 80.3 Å². The molecule has 0 spiro atoms. The van der Waals surface area contributed by atoms with E-state index in [1.165, 1.54) is 0 Å². The number of benzene rings is 1. The average molecular weight is 299 g/mol. The molecule has 1 heterocycles. The minimum atomic E-state index is -0.555. The maximum atomic E-state index is 12.2. The Morgan fingerprint density at radius 2 is 1.91 bits per heavy atom. The van der Waals surface area contributed by atoms with Gasteiger partial charge in [-0.25, -0.2) is 9.78 Å². The second-order valence-electron chi connectivity index (χ2n) is 4.54. The molecule has 2 rings (SSSR count). The Labute approximate surface area is 128 Å². The predicted molar refractivity (Wildman–Crippen MR) is 84.0 cm³/mol. The molecule has 2 amide bonds. The highest BCUT2D eigenvalue weighted by Crippen LogP contribution is 2.13. The quantitative estimate of drug-likeness (QED) is 0.908. The molecule has 0 aliphatic rings. The van der Waals surface area contributed by atoms with E-state index in [-0.39, 0.29) is 12.5 Å². The number of carbonyl (C=O) groups excluding carboxylic acids is 2. The van der Waals surface area contributed by atoms with Gasteiger partial charge < -0.3 is 10.1 Å². The number of nitrogens with zero attached hydrogens (tertiary/aromatic N) is 1. The molecule has 2 N–H and O–H groups in total. The number of nitrogens with one attached hydrogen (secondary N) is 2. The van der Waals surface area contributed by atoms with Crippen molar-refractivity contribution < 1.29 is 14.3 Å². The van der Waals surface area contributed by atoms with E-state index < -0.39 is 6.09 Å². The summed E-state index contributed by atoms with van der Waals surface area (Å²) in [7, 11) is 0. The first-order valence-electron chi connectivity index (χ1n) is 6.87. The fourth-order valence-electron chi connectivity index (χ4n) is 1.82. The van der Waals surface area contributed by atoms with Gasteiger partial charge in [0.2, 0.25) is 0 Å². The molecule has 6 nitrogen and oxygen atoms in total. The van der Waals surface area contributed by atoms with Crippen molar-refractivity contribution in [3.8, 4) is 0 Å². The molecule has 1 aromatic heterocycles. The predicted octanol–water partition coefficient (Wildman–Crippen LogP) is 3.21. The van der Waals surface area contributed by atoms with Crippen molar-refractivity contribution in [2.45, 2.75) is 13.8 Å². The monoisotopic (exact) mass is 299 g/mol. The molecule has 2 aromatic rings. The van der Waals surface area contributed by atoms with Crippen LogP contribution in [0, 0.1) is 6.92 Å². The van der Waals surface area contributed by atoms with Crippen LogP contribution < -0.4 is 10.6 Å². The van der Waals surface area contributed by atoms with E-state index in [1.807, 2.05) is 19.1 Å². The summed E-state index contributed by atoms with van der Waals surface area (Å²) < 4.78 is 4.79. The van der Waals surface area contributed by atoms with Crippen LogP contribution in [-0.4, -0.2) is 23.6 Å². The van der Waals surface area contributed by atoms with Gasteiger partial charge in [-0.15, -0.1) is 0 Å². The Morgan fingerprint density at radius 3 is 2.64 bits per heavy atom. The highest BCUT2D eigenvalue weighted by atomic mass is 16.5. The Balaban J connectivity index is 2.08. The lowest BCUT2D eigenvalue weighted by Crippen LogP contribution is -2.15. The van der Waals surface area contributed by atoms with Crippen LogP contribution in [0.15, 0.2) is 42.5 Å². The third-order valence-corrected chi connectivity index (χ3v) is 2.78. The first-order chi connectivity index (χ1) is 10.6. The van der Waals surface area contributed by atoms with E-state index in [2.05, 4.69) is 15.6 Å². The second-order valence-corrected chi connectivity index (χ2v) is 4.54. The summed E-state index contributed by atoms with van der Waals surface area (Å²) >= 11 is 0. The molecule has 0 aliphatic heterocycles. The molecule has 0 saturated carbocycles. The maximum absolute atomic E-state index is 12.2. The van der Waals surface area contributed by atoms with Crippen LogP contribution in [0.1, 0.15) is 23.0 Å². The number of anilines is 2. The summed E-state index contributed by atoms with van der Waals surface area (Å²) in [5.74, 6) is 0.180. The van der Waals surface area contributed by atoms with E-state index in [0.717, 1.165) is 5.69 Å². The summed E-state index contributed by atoms with van der Waals surface area (Å²) in [6.45, 7) is 3.85. The van der Waals surface area contributed by atoms with Gasteiger partial charge in [0.1, 0.15) is 5.82 Å². The lowest BCUT2D eigenvalue weighted by Gasteiger charge is -2.08. The van der Waals surface area contributed by atoms with Crippen molar-refractivity contribution in [2.24, 2.45) is 0 Å². The molecular formula is C16H17N3O3. The van der Waals surface area contributed by atoms with E-state index in [1.54, 1.807) is 37.3 Å². The zero-order valence-corrected chi connectivity index (χ0v) is 12.4. The second kappa shape index (κ2) is 7.21. The van der Waals surface area contributed by atoms with Crippen molar-refractivity contribution in [1.29, 1.82) is 0 Å². The van der Waals surface area contributed by atoms with Gasteiger partial charge >= 0.3 is 6.09 Å². The van der Waals surface area contributed by atoms with Gasteiger partial charge in [-0.05, 0) is 44.2 Å². The number of pyridine rings is 1. The standard InChI is InChI=1S/C16H17N3O3/c1-3-22-16(21)18-13-8-5-7-12(10-13)15(20)19-14-9-4-6-11(2)17-14/h4-10H,3H2,1-2H3,(H,18,21)(H,17,19,20). The van der Waals surface area contributed by atoms with Gasteiger partial charge in [-0.3, -0.25) is 10.1 Å². The zero-order valence-electron chi connectivity index (χ0n) is 12.4. The van der Waals surface area contributed by atoms with E-state index >= 15 is 0 Å². The highest BCUT2D eigenvalue weighted by molar-refractivity contribution is 6.04. The van der Waals surface area contributed by atoms with E-state index in [4.69, 9.17) is 4.74 Å². The van der Waals surface area contributed by atoms with Gasteiger partial charge in [0.05, 0.1) is 6.61 Å². The van der Waals surface area contributed by atoms with Gasteiger partial charge in [0.25, 0.3) is 5.91 Å². The van der Waals surface area contributed by atoms with Gasteiger partial charge in [0, 0.05) is 16.9 Å². The Bertz CT molecular complexity index is 686. The number of hydrogen-bond donors (Lipinski definition) is 2. The number of carbonyl (C=O) groups is 2. The minimum Gasteiger partial charge on any atom is -0.450 e. The smallest absolute Gasteiger partial charge is 0.411 e. The fraction of sp³-hybridized carbons (Fsp3) is 0.188. The molecule has 0 atom stereocenters. The van der Waals surface area contributed by atoms with Crippen molar-refractivity contribution in [1.82, 2.24) is 4.98 Å². The van der Waals surface area contributed by atoms with Crippen molar-refractivity contribution in [3.05, 3.63) is 53.7 Å². The average Bonchev–Trinajstić information content (AvgIpc) is 2.47. The lowest BCUT2D eigenvalue weighted by molar-refractivity contribution is 0.102. The zero-order chi connectivity index (χ0) is 15.9. The Morgan fingerprint density at radius 1 is 1.14 bits per heavy atom. The van der Waals surface area contributed by atoms with Crippen LogP contribution in [0.2, 0.25) is 0 Å².